The highest BCUT2D eigenvalue weighted by molar-refractivity contribution is 7.98. The van der Waals surface area contributed by atoms with Crippen LogP contribution in [0.5, 0.6) is 0 Å². The Morgan fingerprint density at radius 1 is 1.82 bits per heavy atom. The summed E-state index contributed by atoms with van der Waals surface area (Å²) in [6.45, 7) is 0. The van der Waals surface area contributed by atoms with Crippen molar-refractivity contribution in [3.63, 3.8) is 0 Å². The van der Waals surface area contributed by atoms with Crippen LogP contribution in [0.4, 0.5) is 0 Å². The van der Waals surface area contributed by atoms with Gasteiger partial charge in [-0.1, -0.05) is 0 Å². The summed E-state index contributed by atoms with van der Waals surface area (Å²) < 4.78 is 0. The molecule has 0 aliphatic rings. The number of aliphatic hydroxyl groups is 1. The van der Waals surface area contributed by atoms with Crippen molar-refractivity contribution >= 4 is 23.1 Å². The van der Waals surface area contributed by atoms with Gasteiger partial charge in [-0.25, -0.2) is 0 Å². The summed E-state index contributed by atoms with van der Waals surface area (Å²) in [5, 5.41) is 9.38. The Morgan fingerprint density at radius 2 is 2.64 bits per heavy atom. The molecule has 0 bridgehead atoms. The van der Waals surface area contributed by atoms with Crippen LogP contribution >= 0.6 is 23.1 Å². The molecule has 4 heteroatoms. The van der Waals surface area contributed by atoms with Gasteiger partial charge in [0.05, 0.1) is 11.6 Å². The maximum Gasteiger partial charge on any atom is 0.0794 e. The summed E-state index contributed by atoms with van der Waals surface area (Å²) in [4.78, 5) is 5.09. The van der Waals surface area contributed by atoms with Gasteiger partial charge in [0.15, 0.2) is 0 Å². The highest BCUT2D eigenvalue weighted by Crippen LogP contribution is 2.10. The zero-order valence-corrected chi connectivity index (χ0v) is 7.99. The fourth-order valence-corrected chi connectivity index (χ4v) is 2.00. The third-order valence-electron chi connectivity index (χ3n) is 1.28. The van der Waals surface area contributed by atoms with Gasteiger partial charge < -0.3 is 5.11 Å². The first-order valence-electron chi connectivity index (χ1n) is 3.37. The smallest absolute Gasteiger partial charge is 0.0794 e. The van der Waals surface area contributed by atoms with Gasteiger partial charge in [0.2, 0.25) is 0 Å². The molecule has 1 rings (SSSR count). The second-order valence-electron chi connectivity index (χ2n) is 2.28. The molecule has 0 saturated carbocycles. The summed E-state index contributed by atoms with van der Waals surface area (Å²) >= 11 is 3.26. The first-order chi connectivity index (χ1) is 5.33. The highest BCUT2D eigenvalue weighted by atomic mass is 32.2. The van der Waals surface area contributed by atoms with Gasteiger partial charge in [0, 0.05) is 23.2 Å². The van der Waals surface area contributed by atoms with E-state index in [1.54, 1.807) is 28.6 Å². The summed E-state index contributed by atoms with van der Waals surface area (Å²) in [6, 6.07) is 0. The summed E-state index contributed by atoms with van der Waals surface area (Å²) in [5.74, 6) is 0.803. The highest BCUT2D eigenvalue weighted by Gasteiger charge is 2.04. The van der Waals surface area contributed by atoms with Crippen LogP contribution in [-0.2, 0) is 6.42 Å². The molecule has 11 heavy (non-hydrogen) atoms. The van der Waals surface area contributed by atoms with Gasteiger partial charge in [0.25, 0.3) is 0 Å². The second-order valence-corrected chi connectivity index (χ2v) is 4.16. The SMILES string of the molecule is CSCC(O)Cc1cncs1. The topological polar surface area (TPSA) is 33.1 Å². The van der Waals surface area contributed by atoms with Crippen LogP contribution in [0, 0.1) is 0 Å². The Hall–Kier alpha value is -0.0600. The van der Waals surface area contributed by atoms with Crippen molar-refractivity contribution in [1.29, 1.82) is 0 Å². The van der Waals surface area contributed by atoms with Crippen molar-refractivity contribution in [2.45, 2.75) is 12.5 Å². The maximum absolute atomic E-state index is 9.38. The molecule has 2 nitrogen and oxygen atoms in total. The van der Waals surface area contributed by atoms with Crippen molar-refractivity contribution in [3.05, 3.63) is 16.6 Å². The van der Waals surface area contributed by atoms with Gasteiger partial charge in [-0.3, -0.25) is 4.98 Å². The molecule has 1 heterocycles. The van der Waals surface area contributed by atoms with E-state index >= 15 is 0 Å². The minimum atomic E-state index is -0.217. The molecule has 1 N–H and O–H groups in total. The Bertz CT molecular complexity index is 188. The number of rotatable bonds is 4. The van der Waals surface area contributed by atoms with Crippen molar-refractivity contribution < 1.29 is 5.11 Å². The molecule has 0 aliphatic carbocycles. The average Bonchev–Trinajstić information content (AvgIpc) is 2.40. The number of hydrogen-bond acceptors (Lipinski definition) is 4. The minimum absolute atomic E-state index is 0.217. The number of aliphatic hydroxyl groups excluding tert-OH is 1. The predicted molar refractivity (Wildman–Crippen MR) is 50.2 cm³/mol. The number of hydrogen-bond donors (Lipinski definition) is 1. The lowest BCUT2D eigenvalue weighted by molar-refractivity contribution is 0.201. The molecule has 0 spiro atoms. The quantitative estimate of drug-likeness (QED) is 0.777. The Labute approximate surface area is 74.7 Å². The first kappa shape index (κ1) is 9.03. The standard InChI is InChI=1S/C7H11NOS2/c1-10-4-6(9)2-7-3-8-5-11-7/h3,5-6,9H,2,4H2,1H3. The van der Waals surface area contributed by atoms with Crippen LogP contribution in [0.2, 0.25) is 0 Å². The van der Waals surface area contributed by atoms with Crippen LogP contribution in [0.1, 0.15) is 4.88 Å². The molecule has 1 aromatic rings. The van der Waals surface area contributed by atoms with Gasteiger partial charge >= 0.3 is 0 Å². The lowest BCUT2D eigenvalue weighted by Gasteiger charge is -2.05. The molecule has 1 atom stereocenters. The molecule has 1 unspecified atom stereocenters. The fourth-order valence-electron chi connectivity index (χ4n) is 0.826. The largest absolute Gasteiger partial charge is 0.392 e. The maximum atomic E-state index is 9.38. The van der Waals surface area contributed by atoms with Crippen molar-refractivity contribution in [2.75, 3.05) is 12.0 Å². The predicted octanol–water partition coefficient (Wildman–Crippen LogP) is 1.41. The van der Waals surface area contributed by atoms with Crippen LogP contribution in [0.3, 0.4) is 0 Å². The van der Waals surface area contributed by atoms with E-state index in [-0.39, 0.29) is 6.10 Å². The van der Waals surface area contributed by atoms with E-state index in [2.05, 4.69) is 4.98 Å². The molecule has 0 radical (unpaired) electrons. The lowest BCUT2D eigenvalue weighted by atomic mass is 10.3. The molecule has 0 fully saturated rings. The number of thiazole rings is 1. The molecular formula is C7H11NOS2. The van der Waals surface area contributed by atoms with Crippen molar-refractivity contribution in [2.24, 2.45) is 0 Å². The zero-order valence-electron chi connectivity index (χ0n) is 6.36. The number of aromatic nitrogens is 1. The van der Waals surface area contributed by atoms with Crippen molar-refractivity contribution in [3.8, 4) is 0 Å². The van der Waals surface area contributed by atoms with E-state index in [4.69, 9.17) is 0 Å². The average molecular weight is 189 g/mol. The Kier molecular flexibility index (Phi) is 3.90. The summed E-state index contributed by atoms with van der Waals surface area (Å²) in [5.41, 5.74) is 1.79. The van der Waals surface area contributed by atoms with Crippen LogP contribution < -0.4 is 0 Å². The Balaban J connectivity index is 2.31. The lowest BCUT2D eigenvalue weighted by Crippen LogP contribution is -2.12. The van der Waals surface area contributed by atoms with E-state index < -0.39 is 0 Å². The van der Waals surface area contributed by atoms with E-state index in [9.17, 15) is 5.11 Å². The van der Waals surface area contributed by atoms with Gasteiger partial charge in [0.1, 0.15) is 0 Å². The zero-order chi connectivity index (χ0) is 8.10. The molecular weight excluding hydrogens is 178 g/mol. The van der Waals surface area contributed by atoms with Crippen LogP contribution in [0.25, 0.3) is 0 Å². The van der Waals surface area contributed by atoms with Crippen LogP contribution in [-0.4, -0.2) is 28.2 Å². The van der Waals surface area contributed by atoms with Gasteiger partial charge in [-0.05, 0) is 6.26 Å². The number of thioether (sulfide) groups is 1. The normalized spacial score (nSPS) is 13.3. The molecule has 0 saturated heterocycles. The molecule has 0 aliphatic heterocycles. The van der Waals surface area contributed by atoms with E-state index in [0.29, 0.717) is 0 Å². The summed E-state index contributed by atoms with van der Waals surface area (Å²) in [6.07, 6.45) is 4.33. The van der Waals surface area contributed by atoms with Crippen LogP contribution in [0.15, 0.2) is 11.7 Å². The third-order valence-corrected chi connectivity index (χ3v) is 2.80. The van der Waals surface area contributed by atoms with Gasteiger partial charge in [-0.15, -0.1) is 11.3 Å². The number of nitrogens with zero attached hydrogens (tertiary/aromatic N) is 1. The molecule has 0 amide bonds. The van der Waals surface area contributed by atoms with Gasteiger partial charge in [-0.2, -0.15) is 11.8 Å². The second kappa shape index (κ2) is 4.74. The molecule has 1 aromatic heterocycles. The molecule has 0 aromatic carbocycles. The monoisotopic (exact) mass is 189 g/mol. The Morgan fingerprint density at radius 3 is 3.18 bits per heavy atom. The van der Waals surface area contributed by atoms with E-state index in [1.165, 1.54) is 0 Å². The minimum Gasteiger partial charge on any atom is -0.392 e. The van der Waals surface area contributed by atoms with E-state index in [1.807, 2.05) is 12.5 Å². The third kappa shape index (κ3) is 3.22. The van der Waals surface area contributed by atoms with E-state index in [0.717, 1.165) is 17.1 Å². The summed E-state index contributed by atoms with van der Waals surface area (Å²) in [7, 11) is 0. The van der Waals surface area contributed by atoms with Crippen molar-refractivity contribution in [1.82, 2.24) is 4.98 Å². The first-order valence-corrected chi connectivity index (χ1v) is 5.64. The fraction of sp³-hybridized carbons (Fsp3) is 0.571. The molecule has 62 valence electrons.